The molecule has 0 saturated heterocycles. The first-order chi connectivity index (χ1) is 0. The van der Waals surface area contributed by atoms with Gasteiger partial charge in [-0.25, -0.2) is 0 Å². The number of hydrogen-bond acceptors (Lipinski definition) is 0. The monoisotopic (exact) mass is 392 g/mol. The maximum absolute atomic E-state index is 0. The van der Waals surface area contributed by atoms with Gasteiger partial charge in [-0.2, -0.15) is 0 Å². The molecule has 5 radical (unpaired) electrons. The first-order valence-corrected chi connectivity index (χ1v) is 0. The molecule has 0 aliphatic carbocycles. The molecule has 5 nitrogen and oxygen atoms in total. The van der Waals surface area contributed by atoms with Crippen molar-refractivity contribution in [2.75, 3.05) is 0 Å². The van der Waals surface area contributed by atoms with Crippen molar-refractivity contribution in [3.63, 3.8) is 0 Å². The van der Waals surface area contributed by atoms with E-state index in [1.165, 1.54) is 0 Å². The molecule has 0 aliphatic heterocycles. The molecule has 0 aromatic heterocycles. The Kier molecular flexibility index (Phi) is 1710. The molecule has 8 heavy (non-hydrogen) atoms. The molecule has 0 rings (SSSR count). The zero-order chi connectivity index (χ0) is 0. The maximum atomic E-state index is 0. The third-order valence-corrected chi connectivity index (χ3v) is 0. The standard InChI is InChI=1S/2Nd.5O.Si/q;+3;5*-2;. The van der Waals surface area contributed by atoms with Crippen LogP contribution in [-0.4, -0.2) is 11.0 Å². The van der Waals surface area contributed by atoms with Crippen LogP contribution in [0, 0.1) is 81.7 Å². The Morgan fingerprint density at radius 3 is 0.500 bits per heavy atom. The predicted molar refractivity (Wildman–Crippen MR) is 9.19 cm³/mol. The maximum Gasteiger partial charge on any atom is 3.00 e. The average Bonchev–Trinajstić information content (AvgIpc) is 0. The first kappa shape index (κ1) is 137. The van der Waals surface area contributed by atoms with Gasteiger partial charge in [0.1, 0.15) is 0 Å². The molecule has 0 spiro atoms. The minimum absolute atomic E-state index is 0. The molecule has 0 N–H and O–H groups in total. The molecule has 0 aromatic carbocycles. The summed E-state index contributed by atoms with van der Waals surface area (Å²) in [5, 5.41) is 0. The van der Waals surface area contributed by atoms with Gasteiger partial charge in [0, 0.05) is 51.8 Å². The number of rotatable bonds is 0. The zero-order valence-electron chi connectivity index (χ0n) is 3.54. The topological polar surface area (TPSA) is 142 Å². The largest absolute Gasteiger partial charge is 3.00 e. The summed E-state index contributed by atoms with van der Waals surface area (Å²) in [6.07, 6.45) is 0. The molecular weight excluding hydrogens is 397 g/mol. The van der Waals surface area contributed by atoms with Crippen LogP contribution in [0.5, 0.6) is 0 Å². The van der Waals surface area contributed by atoms with Crippen LogP contribution in [-0.2, 0) is 27.4 Å². The predicted octanol–water partition coefficient (Wildman–Crippen LogP) is -0.975. The summed E-state index contributed by atoms with van der Waals surface area (Å²) in [4.78, 5) is 0. The Bertz CT molecular complexity index is 10.4. The van der Waals surface area contributed by atoms with Crippen LogP contribution >= 0.6 is 0 Å². The second kappa shape index (κ2) is 100.0. The van der Waals surface area contributed by atoms with Gasteiger partial charge in [-0.1, -0.05) is 0 Å². The summed E-state index contributed by atoms with van der Waals surface area (Å²) in [6.45, 7) is 0. The van der Waals surface area contributed by atoms with Gasteiger partial charge in [0.05, 0.1) is 0 Å². The van der Waals surface area contributed by atoms with E-state index in [-0.39, 0.29) is 120 Å². The van der Waals surface area contributed by atoms with E-state index >= 15 is 0 Å². The van der Waals surface area contributed by atoms with Crippen LogP contribution < -0.4 is 0 Å². The minimum Gasteiger partial charge on any atom is -2.00 e. The Balaban J connectivity index is 0. The fourth-order valence-electron chi connectivity index (χ4n) is 0. The van der Waals surface area contributed by atoms with Gasteiger partial charge in [-0.3, -0.25) is 0 Å². The molecule has 0 aromatic rings. The fraction of sp³-hybridized carbons (Fsp3) is 0. The molecule has 0 saturated carbocycles. The van der Waals surface area contributed by atoms with E-state index in [0.29, 0.717) is 0 Å². The summed E-state index contributed by atoms with van der Waals surface area (Å²) in [7, 11) is 0. The molecule has 49 valence electrons. The van der Waals surface area contributed by atoms with Gasteiger partial charge in [0.15, 0.2) is 0 Å². The smallest absolute Gasteiger partial charge is 2.00 e. The molecule has 0 bridgehead atoms. The van der Waals surface area contributed by atoms with Crippen molar-refractivity contribution >= 4 is 11.0 Å². The van der Waals surface area contributed by atoms with E-state index in [0.717, 1.165) is 0 Å². The van der Waals surface area contributed by atoms with E-state index in [1.54, 1.807) is 0 Å². The van der Waals surface area contributed by atoms with Crippen LogP contribution in [0.4, 0.5) is 0 Å². The van der Waals surface area contributed by atoms with Crippen molar-refractivity contribution in [1.82, 2.24) is 0 Å². The van der Waals surface area contributed by atoms with Gasteiger partial charge in [-0.15, -0.1) is 0 Å². The minimum atomic E-state index is 0. The quantitative estimate of drug-likeness (QED) is 0.464. The molecule has 0 aliphatic rings. The zero-order valence-corrected chi connectivity index (χ0v) is 11.0. The van der Waals surface area contributed by atoms with Crippen molar-refractivity contribution in [1.29, 1.82) is 0 Å². The Labute approximate surface area is 118 Å². The summed E-state index contributed by atoms with van der Waals surface area (Å²) in [6, 6.07) is 0. The molecular formula is Nd2O5Si-7. The van der Waals surface area contributed by atoms with E-state index < -0.39 is 0 Å². The van der Waals surface area contributed by atoms with Crippen LogP contribution in [0.2, 0.25) is 0 Å². The molecule has 8 heteroatoms. The summed E-state index contributed by atoms with van der Waals surface area (Å²) in [5.74, 6) is 0. The summed E-state index contributed by atoms with van der Waals surface area (Å²) in [5.41, 5.74) is 0. The van der Waals surface area contributed by atoms with Gasteiger partial charge in [-0.05, 0) is 0 Å². The third kappa shape index (κ3) is 70.3. The average molecular weight is 397 g/mol. The molecule has 0 atom stereocenters. The van der Waals surface area contributed by atoms with Gasteiger partial charge >= 0.3 is 40.8 Å². The van der Waals surface area contributed by atoms with Crippen molar-refractivity contribution < 1.29 is 109 Å². The van der Waals surface area contributed by atoms with Crippen molar-refractivity contribution in [2.45, 2.75) is 0 Å². The summed E-state index contributed by atoms with van der Waals surface area (Å²) < 4.78 is 0. The van der Waals surface area contributed by atoms with Crippen LogP contribution in [0.1, 0.15) is 0 Å². The fourth-order valence-corrected chi connectivity index (χ4v) is 0. The molecule has 0 amide bonds. The van der Waals surface area contributed by atoms with Crippen LogP contribution in [0.3, 0.4) is 0 Å². The van der Waals surface area contributed by atoms with Gasteiger partial charge in [0.25, 0.3) is 0 Å². The SMILES string of the molecule is [Nd+3].[Nd].[O-2].[O-2].[O-2].[O-2].[O-2].[Si]. The third-order valence-electron chi connectivity index (χ3n) is 0. The van der Waals surface area contributed by atoms with E-state index in [4.69, 9.17) is 0 Å². The molecule has 0 heterocycles. The van der Waals surface area contributed by atoms with E-state index in [2.05, 4.69) is 0 Å². The Morgan fingerprint density at radius 2 is 0.500 bits per heavy atom. The normalized spacial score (nSPS) is 0. The first-order valence-electron chi connectivity index (χ1n) is 0. The van der Waals surface area contributed by atoms with Gasteiger partial charge in [0.2, 0.25) is 0 Å². The van der Waals surface area contributed by atoms with Crippen LogP contribution in [0.15, 0.2) is 0 Å². The molecule has 0 fully saturated rings. The second-order valence-corrected chi connectivity index (χ2v) is 0. The van der Waals surface area contributed by atoms with Crippen molar-refractivity contribution in [2.24, 2.45) is 0 Å². The molecule has 0 unspecified atom stereocenters. The Morgan fingerprint density at radius 1 is 0.500 bits per heavy atom. The number of hydrogen-bond donors (Lipinski definition) is 0. The van der Waals surface area contributed by atoms with Crippen molar-refractivity contribution in [3.8, 4) is 0 Å². The van der Waals surface area contributed by atoms with E-state index in [9.17, 15) is 0 Å². The van der Waals surface area contributed by atoms with E-state index in [1.807, 2.05) is 0 Å². The second-order valence-electron chi connectivity index (χ2n) is 0. The summed E-state index contributed by atoms with van der Waals surface area (Å²) >= 11 is 0. The van der Waals surface area contributed by atoms with Gasteiger partial charge < -0.3 is 27.4 Å². The van der Waals surface area contributed by atoms with Crippen LogP contribution in [0.25, 0.3) is 0 Å². The van der Waals surface area contributed by atoms with Crippen molar-refractivity contribution in [3.05, 3.63) is 0 Å². The Hall–Kier alpha value is 2.72.